The van der Waals surface area contributed by atoms with Crippen LogP contribution in [0.2, 0.25) is 0 Å². The van der Waals surface area contributed by atoms with Gasteiger partial charge in [0, 0.05) is 11.9 Å². The van der Waals surface area contributed by atoms with Gasteiger partial charge in [0.2, 0.25) is 22.1 Å². The second kappa shape index (κ2) is 7.97. The number of fused-ring (bicyclic) bond motifs is 1. The summed E-state index contributed by atoms with van der Waals surface area (Å²) < 4.78 is 34.2. The first kappa shape index (κ1) is 19.6. The summed E-state index contributed by atoms with van der Waals surface area (Å²) in [6.45, 7) is 0.0688. The summed E-state index contributed by atoms with van der Waals surface area (Å²) in [5, 5.41) is 10.7. The molecule has 3 aromatic rings. The number of amides is 1. The minimum absolute atomic E-state index is 0.0494. The number of hydrogen-bond donors (Lipinski definition) is 3. The van der Waals surface area contributed by atoms with Crippen LogP contribution in [0.15, 0.2) is 65.7 Å². The van der Waals surface area contributed by atoms with E-state index in [2.05, 4.69) is 20.6 Å². The van der Waals surface area contributed by atoms with Crippen LogP contribution in [0.5, 0.6) is 11.5 Å². The second-order valence-electron chi connectivity index (χ2n) is 6.32. The third kappa shape index (κ3) is 4.47. The van der Waals surface area contributed by atoms with Gasteiger partial charge in [0.1, 0.15) is 12.4 Å². The van der Waals surface area contributed by atoms with Gasteiger partial charge < -0.3 is 20.1 Å². The maximum absolute atomic E-state index is 12.5. The van der Waals surface area contributed by atoms with E-state index in [4.69, 9.17) is 14.6 Å². The fraction of sp³-hybridized carbons (Fsp3) is 0.105. The molecule has 2 aromatic carbocycles. The van der Waals surface area contributed by atoms with E-state index in [0.717, 1.165) is 0 Å². The molecule has 0 bridgehead atoms. The number of nitrogens with one attached hydrogen (secondary N) is 2. The second-order valence-corrected chi connectivity index (χ2v) is 7.88. The Morgan fingerprint density at radius 2 is 1.90 bits per heavy atom. The van der Waals surface area contributed by atoms with Crippen molar-refractivity contribution in [2.45, 2.75) is 11.0 Å². The molecular weight excluding hydrogens is 410 g/mol. The Morgan fingerprint density at radius 1 is 1.10 bits per heavy atom. The van der Waals surface area contributed by atoms with Gasteiger partial charge in [-0.2, -0.15) is 4.98 Å². The molecule has 2 heterocycles. The number of anilines is 3. The Kier molecular flexibility index (Phi) is 5.21. The van der Waals surface area contributed by atoms with E-state index in [0.29, 0.717) is 17.2 Å². The van der Waals surface area contributed by atoms with Gasteiger partial charge in [-0.1, -0.05) is 18.2 Å². The zero-order valence-corrected chi connectivity index (χ0v) is 16.3. The van der Waals surface area contributed by atoms with Crippen LogP contribution in [0.1, 0.15) is 0 Å². The summed E-state index contributed by atoms with van der Waals surface area (Å²) >= 11 is 0. The lowest BCUT2D eigenvalue weighted by atomic mass is 10.2. The lowest BCUT2D eigenvalue weighted by Crippen LogP contribution is -2.40. The first-order valence-electron chi connectivity index (χ1n) is 8.81. The number of rotatable bonds is 5. The van der Waals surface area contributed by atoms with Crippen molar-refractivity contribution in [2.75, 3.05) is 17.2 Å². The molecule has 0 radical (unpaired) electrons. The Bertz CT molecular complexity index is 1200. The van der Waals surface area contributed by atoms with E-state index < -0.39 is 22.0 Å². The standard InChI is InChI=1S/C19H17N5O5S/c20-30(26,27)13-5-3-4-12(10-13)22-19-21-9-8-17(24-19)23-18(25)16-11-28-14-6-1-2-7-15(14)29-16/h1-10,16H,11H2,(H2,20,26,27)(H2,21,22,23,24,25). The molecule has 1 aliphatic heterocycles. The van der Waals surface area contributed by atoms with Crippen LogP contribution >= 0.6 is 0 Å². The molecule has 1 aromatic heterocycles. The monoisotopic (exact) mass is 427 g/mol. The molecular formula is C19H17N5O5S. The lowest BCUT2D eigenvalue weighted by Gasteiger charge is -2.25. The number of carbonyl (C=O) groups is 1. The van der Waals surface area contributed by atoms with E-state index in [1.165, 1.54) is 30.5 Å². The van der Waals surface area contributed by atoms with Gasteiger partial charge in [0.05, 0.1) is 4.90 Å². The van der Waals surface area contributed by atoms with Gasteiger partial charge in [-0.15, -0.1) is 0 Å². The zero-order chi connectivity index (χ0) is 21.1. The summed E-state index contributed by atoms with van der Waals surface area (Å²) in [4.78, 5) is 20.7. The number of nitrogens with zero attached hydrogens (tertiary/aromatic N) is 2. The van der Waals surface area contributed by atoms with Gasteiger partial charge in [0.15, 0.2) is 11.5 Å². The number of ether oxygens (including phenoxy) is 2. The Hall–Kier alpha value is -3.70. The van der Waals surface area contributed by atoms with Crippen LogP contribution in [0.3, 0.4) is 0 Å². The van der Waals surface area contributed by atoms with Crippen LogP contribution in [-0.2, 0) is 14.8 Å². The highest BCUT2D eigenvalue weighted by molar-refractivity contribution is 7.89. The third-order valence-electron chi connectivity index (χ3n) is 4.13. The van der Waals surface area contributed by atoms with Crippen LogP contribution in [0.4, 0.5) is 17.5 Å². The van der Waals surface area contributed by atoms with Crippen molar-refractivity contribution in [1.29, 1.82) is 0 Å². The van der Waals surface area contributed by atoms with Crippen molar-refractivity contribution >= 4 is 33.4 Å². The zero-order valence-electron chi connectivity index (χ0n) is 15.5. The van der Waals surface area contributed by atoms with Crippen molar-refractivity contribution in [2.24, 2.45) is 5.14 Å². The summed E-state index contributed by atoms with van der Waals surface area (Å²) in [5.74, 6) is 1.04. The number of para-hydroxylation sites is 2. The average molecular weight is 427 g/mol. The largest absolute Gasteiger partial charge is 0.485 e. The highest BCUT2D eigenvalue weighted by Crippen LogP contribution is 2.31. The summed E-state index contributed by atoms with van der Waals surface area (Å²) in [5.41, 5.74) is 0.422. The number of sulfonamides is 1. The molecule has 1 unspecified atom stereocenters. The summed E-state index contributed by atoms with van der Waals surface area (Å²) in [6.07, 6.45) is 0.611. The highest BCUT2D eigenvalue weighted by atomic mass is 32.2. The Labute approximate surface area is 172 Å². The number of carbonyl (C=O) groups excluding carboxylic acids is 1. The first-order valence-corrected chi connectivity index (χ1v) is 10.4. The number of primary sulfonamides is 1. The predicted octanol–water partition coefficient (Wildman–Crippen LogP) is 1.65. The van der Waals surface area contributed by atoms with Crippen molar-refractivity contribution in [1.82, 2.24) is 9.97 Å². The minimum Gasteiger partial charge on any atom is -0.485 e. The molecule has 0 saturated carbocycles. The molecule has 1 aliphatic rings. The molecule has 4 rings (SSSR count). The molecule has 154 valence electrons. The van der Waals surface area contributed by atoms with E-state index >= 15 is 0 Å². The van der Waals surface area contributed by atoms with Crippen LogP contribution in [0.25, 0.3) is 0 Å². The Morgan fingerprint density at radius 3 is 2.70 bits per heavy atom. The molecule has 0 spiro atoms. The predicted molar refractivity (Wildman–Crippen MR) is 108 cm³/mol. The van der Waals surface area contributed by atoms with Gasteiger partial charge in [-0.3, -0.25) is 4.79 Å². The molecule has 11 heteroatoms. The van der Waals surface area contributed by atoms with Crippen molar-refractivity contribution in [3.8, 4) is 11.5 Å². The fourth-order valence-electron chi connectivity index (χ4n) is 2.72. The maximum Gasteiger partial charge on any atom is 0.270 e. The van der Waals surface area contributed by atoms with Crippen molar-refractivity contribution in [3.63, 3.8) is 0 Å². The molecule has 4 N–H and O–H groups in total. The van der Waals surface area contributed by atoms with Crippen molar-refractivity contribution in [3.05, 3.63) is 60.8 Å². The average Bonchev–Trinajstić information content (AvgIpc) is 2.73. The molecule has 1 amide bonds. The Balaban J connectivity index is 1.45. The van der Waals surface area contributed by atoms with Crippen LogP contribution in [-0.4, -0.2) is 37.0 Å². The van der Waals surface area contributed by atoms with Gasteiger partial charge in [-0.05, 0) is 36.4 Å². The maximum atomic E-state index is 12.5. The SMILES string of the molecule is NS(=O)(=O)c1cccc(Nc2nccc(NC(=O)C3COc4ccccc4O3)n2)c1. The number of benzene rings is 2. The first-order chi connectivity index (χ1) is 14.4. The van der Waals surface area contributed by atoms with E-state index in [1.807, 2.05) is 6.07 Å². The van der Waals surface area contributed by atoms with Crippen LogP contribution in [0, 0.1) is 0 Å². The third-order valence-corrected chi connectivity index (χ3v) is 5.04. The van der Waals surface area contributed by atoms with Gasteiger partial charge in [-0.25, -0.2) is 18.5 Å². The van der Waals surface area contributed by atoms with E-state index in [-0.39, 0.29) is 23.3 Å². The molecule has 0 fully saturated rings. The van der Waals surface area contributed by atoms with Gasteiger partial charge in [0.25, 0.3) is 5.91 Å². The van der Waals surface area contributed by atoms with E-state index in [9.17, 15) is 13.2 Å². The fourth-order valence-corrected chi connectivity index (χ4v) is 3.28. The smallest absolute Gasteiger partial charge is 0.270 e. The molecule has 10 nitrogen and oxygen atoms in total. The lowest BCUT2D eigenvalue weighted by molar-refractivity contribution is -0.125. The number of hydrogen-bond acceptors (Lipinski definition) is 8. The highest BCUT2D eigenvalue weighted by Gasteiger charge is 2.27. The quantitative estimate of drug-likeness (QED) is 0.557. The normalized spacial score (nSPS) is 15.3. The number of nitrogens with two attached hydrogens (primary N) is 1. The molecule has 0 aliphatic carbocycles. The molecule has 30 heavy (non-hydrogen) atoms. The molecule has 0 saturated heterocycles. The summed E-state index contributed by atoms with van der Waals surface area (Å²) in [6, 6.07) is 14.5. The molecule has 1 atom stereocenters. The van der Waals surface area contributed by atoms with Crippen LogP contribution < -0.4 is 25.2 Å². The summed E-state index contributed by atoms with van der Waals surface area (Å²) in [7, 11) is -3.84. The van der Waals surface area contributed by atoms with E-state index in [1.54, 1.807) is 24.3 Å². The van der Waals surface area contributed by atoms with Gasteiger partial charge >= 0.3 is 0 Å². The topological polar surface area (TPSA) is 146 Å². The number of aromatic nitrogens is 2. The van der Waals surface area contributed by atoms with Crippen molar-refractivity contribution < 1.29 is 22.7 Å². The minimum atomic E-state index is -3.84.